The minimum absolute atomic E-state index is 0.394. The summed E-state index contributed by atoms with van der Waals surface area (Å²) in [4.78, 5) is 4.40. The molecule has 0 saturated carbocycles. The molecule has 0 radical (unpaired) electrons. The van der Waals surface area contributed by atoms with E-state index in [9.17, 15) is 5.41 Å². The second-order valence-electron chi connectivity index (χ2n) is 9.87. The van der Waals surface area contributed by atoms with Crippen LogP contribution in [0.3, 0.4) is 0 Å². The number of hydrogen-bond donors (Lipinski definition) is 2. The fourth-order valence-corrected chi connectivity index (χ4v) is 5.54. The Morgan fingerprint density at radius 2 is 2.00 bits per heavy atom. The zero-order valence-electron chi connectivity index (χ0n) is 20.7. The van der Waals surface area contributed by atoms with Crippen molar-refractivity contribution in [2.24, 2.45) is 7.05 Å². The number of nitrogens with zero attached hydrogens (tertiary/aromatic N) is 5. The number of ether oxygens (including phenoxy) is 1. The number of nitrogens with one attached hydrogen (secondary N) is 2. The van der Waals surface area contributed by atoms with E-state index in [-0.39, 0.29) is 0 Å². The molecular weight excluding hydrogens is 454 g/mol. The van der Waals surface area contributed by atoms with Crippen LogP contribution in [0.15, 0.2) is 58.7 Å². The Kier molecular flexibility index (Phi) is 6.23. The minimum Gasteiger partial charge on any atom is -0.385 e. The Morgan fingerprint density at radius 3 is 2.78 bits per heavy atom. The molecule has 0 bridgehead atoms. The number of hydrogen-bond acceptors (Lipinski definition) is 7. The average molecular weight is 488 g/mol. The van der Waals surface area contributed by atoms with Crippen LogP contribution in [0.4, 0.5) is 11.5 Å². The molecule has 0 amide bonds. The van der Waals surface area contributed by atoms with Crippen molar-refractivity contribution in [3.63, 3.8) is 0 Å². The molecule has 0 spiro atoms. The Hall–Kier alpha value is -3.59. The highest BCUT2D eigenvalue weighted by atomic mass is 16.5. The third-order valence-corrected chi connectivity index (χ3v) is 7.48. The van der Waals surface area contributed by atoms with Gasteiger partial charge in [-0.3, -0.25) is 10.1 Å². The van der Waals surface area contributed by atoms with Crippen molar-refractivity contribution in [2.75, 3.05) is 42.6 Å². The van der Waals surface area contributed by atoms with Crippen LogP contribution in [-0.4, -0.2) is 59.7 Å². The van der Waals surface area contributed by atoms with E-state index in [2.05, 4.69) is 43.6 Å². The number of benzene rings is 1. The van der Waals surface area contributed by atoms with E-state index in [1.807, 2.05) is 30.2 Å². The number of rotatable bonds is 5. The second kappa shape index (κ2) is 9.81. The van der Waals surface area contributed by atoms with E-state index in [1.165, 1.54) is 16.8 Å². The molecule has 0 aliphatic carbocycles. The van der Waals surface area contributed by atoms with Gasteiger partial charge < -0.3 is 24.4 Å². The van der Waals surface area contributed by atoms with Crippen molar-refractivity contribution in [1.29, 1.82) is 5.41 Å². The Balaban J connectivity index is 1.31. The molecule has 188 valence electrons. The van der Waals surface area contributed by atoms with E-state index < -0.39 is 0 Å². The van der Waals surface area contributed by atoms with Crippen molar-refractivity contribution in [1.82, 2.24) is 20.3 Å². The molecule has 1 aromatic carbocycles. The van der Waals surface area contributed by atoms with Crippen LogP contribution >= 0.6 is 0 Å². The van der Waals surface area contributed by atoms with Crippen molar-refractivity contribution in [2.45, 2.75) is 38.1 Å². The molecule has 2 aromatic heterocycles. The van der Waals surface area contributed by atoms with Crippen LogP contribution in [-0.2, 0) is 18.2 Å². The van der Waals surface area contributed by atoms with Gasteiger partial charge in [-0.1, -0.05) is 11.2 Å². The van der Waals surface area contributed by atoms with E-state index >= 15 is 0 Å². The number of aromatic nitrogens is 3. The number of amidine groups is 1. The molecule has 9 heteroatoms. The summed E-state index contributed by atoms with van der Waals surface area (Å²) in [7, 11) is 1.94. The summed E-state index contributed by atoms with van der Waals surface area (Å²) in [6.45, 7) is 3.91. The molecule has 9 nitrogen and oxygen atoms in total. The Labute approximate surface area is 211 Å². The normalized spacial score (nSPS) is 18.9. The lowest BCUT2D eigenvalue weighted by atomic mass is 9.95. The molecule has 3 aliphatic rings. The SMILES string of the molecule is Cn1cc(-c2ccc3c(c2)CCCN3C(=N)C2=C(NC3CCOCC3)CCN(c3ccon3)C2)cn1. The molecule has 3 aliphatic heterocycles. The van der Waals surface area contributed by atoms with Gasteiger partial charge in [0.15, 0.2) is 5.82 Å². The van der Waals surface area contributed by atoms with E-state index in [0.29, 0.717) is 18.4 Å². The molecule has 1 fully saturated rings. The van der Waals surface area contributed by atoms with Gasteiger partial charge in [0.1, 0.15) is 12.1 Å². The maximum atomic E-state index is 9.41. The summed E-state index contributed by atoms with van der Waals surface area (Å²) < 4.78 is 12.5. The molecule has 36 heavy (non-hydrogen) atoms. The summed E-state index contributed by atoms with van der Waals surface area (Å²) in [6, 6.07) is 8.89. The quantitative estimate of drug-likeness (QED) is 0.418. The van der Waals surface area contributed by atoms with Gasteiger partial charge in [-0.25, -0.2) is 0 Å². The highest BCUT2D eigenvalue weighted by Gasteiger charge is 2.30. The van der Waals surface area contributed by atoms with E-state index in [4.69, 9.17) is 9.26 Å². The highest BCUT2D eigenvalue weighted by molar-refractivity contribution is 6.09. The maximum absolute atomic E-state index is 9.41. The summed E-state index contributed by atoms with van der Waals surface area (Å²) in [5.74, 6) is 1.40. The van der Waals surface area contributed by atoms with Crippen LogP contribution in [0.25, 0.3) is 11.1 Å². The van der Waals surface area contributed by atoms with Crippen molar-refractivity contribution in [3.05, 3.63) is 59.8 Å². The lowest BCUT2D eigenvalue weighted by Crippen LogP contribution is -2.45. The molecular formula is C27H33N7O2. The molecule has 0 unspecified atom stereocenters. The van der Waals surface area contributed by atoms with Gasteiger partial charge in [-0.2, -0.15) is 5.10 Å². The molecule has 1 saturated heterocycles. The molecule has 5 heterocycles. The predicted octanol–water partition coefficient (Wildman–Crippen LogP) is 3.74. The summed E-state index contributed by atoms with van der Waals surface area (Å²) >= 11 is 0. The zero-order valence-corrected chi connectivity index (χ0v) is 20.7. The fraction of sp³-hybridized carbons (Fsp3) is 0.444. The van der Waals surface area contributed by atoms with Gasteiger partial charge in [0.05, 0.1) is 6.20 Å². The maximum Gasteiger partial charge on any atom is 0.172 e. The summed E-state index contributed by atoms with van der Waals surface area (Å²) in [6.07, 6.45) is 10.5. The summed E-state index contributed by atoms with van der Waals surface area (Å²) in [5.41, 5.74) is 6.94. The van der Waals surface area contributed by atoms with Gasteiger partial charge in [0, 0.05) is 87.1 Å². The van der Waals surface area contributed by atoms with E-state index in [0.717, 1.165) is 81.0 Å². The smallest absolute Gasteiger partial charge is 0.172 e. The number of fused-ring (bicyclic) bond motifs is 1. The highest BCUT2D eigenvalue weighted by Crippen LogP contribution is 2.34. The Morgan fingerprint density at radius 1 is 1.11 bits per heavy atom. The van der Waals surface area contributed by atoms with Gasteiger partial charge in [0.2, 0.25) is 0 Å². The van der Waals surface area contributed by atoms with Gasteiger partial charge >= 0.3 is 0 Å². The first-order chi connectivity index (χ1) is 17.7. The average Bonchev–Trinajstić information content (AvgIpc) is 3.61. The zero-order chi connectivity index (χ0) is 24.5. The standard InChI is InChI=1S/C27H33N7O2/c1-32-17-21(16-29-32)19-4-5-25-20(15-19)3-2-10-34(25)27(28)23-18-33(26-9-14-36-31-26)11-6-24(23)30-22-7-12-35-13-8-22/h4-5,9,14-17,22,28,30H,2-3,6-8,10-13,18H2,1H3. The van der Waals surface area contributed by atoms with Gasteiger partial charge in [0.25, 0.3) is 0 Å². The lowest BCUT2D eigenvalue weighted by Gasteiger charge is -2.38. The van der Waals surface area contributed by atoms with Crippen LogP contribution in [0.2, 0.25) is 0 Å². The van der Waals surface area contributed by atoms with Crippen LogP contribution in [0.1, 0.15) is 31.2 Å². The first-order valence-electron chi connectivity index (χ1n) is 12.9. The third kappa shape index (κ3) is 4.51. The van der Waals surface area contributed by atoms with E-state index in [1.54, 1.807) is 6.26 Å². The van der Waals surface area contributed by atoms with Crippen molar-refractivity contribution >= 4 is 17.3 Å². The molecule has 6 rings (SSSR count). The van der Waals surface area contributed by atoms with Gasteiger partial charge in [-0.05, 0) is 48.9 Å². The predicted molar refractivity (Wildman–Crippen MR) is 139 cm³/mol. The molecule has 0 atom stereocenters. The number of aryl methyl sites for hydroxylation is 2. The van der Waals surface area contributed by atoms with Crippen molar-refractivity contribution in [3.8, 4) is 11.1 Å². The first-order valence-corrected chi connectivity index (χ1v) is 12.9. The van der Waals surface area contributed by atoms with Gasteiger partial charge in [-0.15, -0.1) is 0 Å². The molecule has 3 aromatic rings. The largest absolute Gasteiger partial charge is 0.385 e. The monoisotopic (exact) mass is 487 g/mol. The summed E-state index contributed by atoms with van der Waals surface area (Å²) in [5, 5.41) is 21.7. The topological polar surface area (TPSA) is 95.4 Å². The second-order valence-corrected chi connectivity index (χ2v) is 9.87. The third-order valence-electron chi connectivity index (χ3n) is 7.48. The van der Waals surface area contributed by atoms with Crippen molar-refractivity contribution < 1.29 is 9.26 Å². The lowest BCUT2D eigenvalue weighted by molar-refractivity contribution is 0.0800. The van der Waals surface area contributed by atoms with Crippen LogP contribution in [0, 0.1) is 5.41 Å². The van der Waals surface area contributed by atoms with Crippen LogP contribution in [0.5, 0.6) is 0 Å². The minimum atomic E-state index is 0.394. The number of anilines is 2. The first kappa shape index (κ1) is 22.8. The van der Waals surface area contributed by atoms with Crippen LogP contribution < -0.4 is 15.1 Å². The Bertz CT molecular complexity index is 1260. The molecule has 2 N–H and O–H groups in total. The fourth-order valence-electron chi connectivity index (χ4n) is 5.54.